The fourth-order valence-corrected chi connectivity index (χ4v) is 2.04. The first-order chi connectivity index (χ1) is 6.78. The average Bonchev–Trinajstić information content (AvgIpc) is 2.12. The second-order valence-corrected chi connectivity index (χ2v) is 4.97. The summed E-state index contributed by atoms with van der Waals surface area (Å²) in [5.41, 5.74) is 0.0557. The molecule has 3 heteroatoms. The summed E-state index contributed by atoms with van der Waals surface area (Å²) in [5, 5.41) is 4.87. The molecule has 0 aliphatic heterocycles. The lowest BCUT2D eigenvalue weighted by molar-refractivity contribution is -0.165. The second kappa shape index (κ2) is 5.83. The minimum Gasteiger partial charge on any atom is -0.291 e. The predicted molar refractivity (Wildman–Crippen MR) is 67.7 cm³/mol. The summed E-state index contributed by atoms with van der Waals surface area (Å²) in [6.45, 7) is 15.6. The van der Waals surface area contributed by atoms with Crippen LogP contribution in [0.3, 0.4) is 0 Å². The minimum absolute atomic E-state index is 0.0557. The van der Waals surface area contributed by atoms with Crippen molar-refractivity contribution in [3.05, 3.63) is 0 Å². The molecule has 3 nitrogen and oxygen atoms in total. The zero-order chi connectivity index (χ0) is 12.2. The van der Waals surface area contributed by atoms with Crippen LogP contribution in [0.5, 0.6) is 0 Å². The van der Waals surface area contributed by atoms with Crippen LogP contribution in [0.2, 0.25) is 0 Å². The third-order valence-electron chi connectivity index (χ3n) is 3.18. The van der Waals surface area contributed by atoms with Crippen LogP contribution >= 0.6 is 0 Å². The van der Waals surface area contributed by atoms with Gasteiger partial charge in [0.25, 0.3) is 0 Å². The molecular weight excluding hydrogens is 186 g/mol. The summed E-state index contributed by atoms with van der Waals surface area (Å²) in [7, 11) is 4.28. The minimum atomic E-state index is 0.0557. The number of rotatable bonds is 6. The highest BCUT2D eigenvalue weighted by Gasteiger charge is 2.33. The van der Waals surface area contributed by atoms with Crippen molar-refractivity contribution in [1.82, 2.24) is 14.9 Å². The summed E-state index contributed by atoms with van der Waals surface area (Å²) in [6, 6.07) is 0.516. The first-order valence-corrected chi connectivity index (χ1v) is 6.00. The lowest BCUT2D eigenvalue weighted by Crippen LogP contribution is -2.63. The van der Waals surface area contributed by atoms with Gasteiger partial charge in [-0.05, 0) is 41.8 Å². The molecule has 0 saturated carbocycles. The fourth-order valence-electron chi connectivity index (χ4n) is 2.04. The van der Waals surface area contributed by atoms with Gasteiger partial charge < -0.3 is 0 Å². The Labute approximate surface area is 96.0 Å². The van der Waals surface area contributed by atoms with Crippen LogP contribution in [0.15, 0.2) is 0 Å². The molecule has 0 aromatic heterocycles. The van der Waals surface area contributed by atoms with Crippen LogP contribution in [0.1, 0.15) is 41.5 Å². The van der Waals surface area contributed by atoms with E-state index in [9.17, 15) is 0 Å². The topological polar surface area (TPSA) is 9.72 Å². The summed E-state index contributed by atoms with van der Waals surface area (Å²) in [4.78, 5) is 2.27. The molecule has 0 aliphatic carbocycles. The van der Waals surface area contributed by atoms with E-state index in [4.69, 9.17) is 0 Å². The molecule has 0 radical (unpaired) electrons. The quantitative estimate of drug-likeness (QED) is 0.497. The Morgan fingerprint density at radius 2 is 1.40 bits per heavy atom. The highest BCUT2D eigenvalue weighted by atomic mass is 15.7. The molecule has 0 aromatic carbocycles. The number of hydrazine groups is 1. The Morgan fingerprint density at radius 3 is 1.60 bits per heavy atom. The summed E-state index contributed by atoms with van der Waals surface area (Å²) in [6.07, 6.45) is 0. The Hall–Kier alpha value is -0.120. The maximum absolute atomic E-state index is 2.47. The van der Waals surface area contributed by atoms with Crippen molar-refractivity contribution in [1.29, 1.82) is 0 Å². The molecule has 0 fully saturated rings. The maximum atomic E-state index is 2.47. The van der Waals surface area contributed by atoms with Crippen LogP contribution < -0.4 is 0 Å². The monoisotopic (exact) mass is 215 g/mol. The van der Waals surface area contributed by atoms with Gasteiger partial charge in [0.1, 0.15) is 0 Å². The Bertz CT molecular complexity index is 172. The standard InChI is InChI=1S/C12H29N3/c1-9-14(10-2)15(11(3)4)12(5,6)13(7)8/h11H,9-10H2,1-8H3. The van der Waals surface area contributed by atoms with Crippen molar-refractivity contribution >= 4 is 0 Å². The molecule has 0 rings (SSSR count). The normalized spacial score (nSPS) is 13.6. The zero-order valence-electron chi connectivity index (χ0n) is 11.8. The average molecular weight is 215 g/mol. The summed E-state index contributed by atoms with van der Waals surface area (Å²) < 4.78 is 0. The first kappa shape index (κ1) is 14.9. The maximum Gasteiger partial charge on any atom is 0.0813 e. The molecule has 0 bridgehead atoms. The molecule has 0 amide bonds. The molecule has 0 heterocycles. The van der Waals surface area contributed by atoms with Gasteiger partial charge in [-0.15, -0.1) is 0 Å². The molecular formula is C12H29N3. The number of hydrogen-bond donors (Lipinski definition) is 0. The first-order valence-electron chi connectivity index (χ1n) is 6.00. The lowest BCUT2D eigenvalue weighted by Gasteiger charge is -2.50. The Balaban J connectivity index is 4.95. The van der Waals surface area contributed by atoms with Crippen molar-refractivity contribution in [2.45, 2.75) is 53.2 Å². The van der Waals surface area contributed by atoms with Crippen LogP contribution in [0.4, 0.5) is 0 Å². The fraction of sp³-hybridized carbons (Fsp3) is 1.00. The molecule has 0 saturated heterocycles. The predicted octanol–water partition coefficient (Wildman–Crippen LogP) is 2.25. The van der Waals surface area contributed by atoms with Gasteiger partial charge in [-0.25, -0.2) is 10.0 Å². The van der Waals surface area contributed by atoms with E-state index in [1.165, 1.54) is 0 Å². The summed E-state index contributed by atoms with van der Waals surface area (Å²) in [5.74, 6) is 0. The highest BCUT2D eigenvalue weighted by molar-refractivity contribution is 4.79. The van der Waals surface area contributed by atoms with E-state index in [-0.39, 0.29) is 5.66 Å². The molecule has 0 spiro atoms. The van der Waals surface area contributed by atoms with E-state index < -0.39 is 0 Å². The molecule has 15 heavy (non-hydrogen) atoms. The highest BCUT2D eigenvalue weighted by Crippen LogP contribution is 2.22. The van der Waals surface area contributed by atoms with Crippen LogP contribution in [-0.2, 0) is 0 Å². The Morgan fingerprint density at radius 1 is 1.00 bits per heavy atom. The summed E-state index contributed by atoms with van der Waals surface area (Å²) >= 11 is 0. The van der Waals surface area contributed by atoms with Gasteiger partial charge in [0.2, 0.25) is 0 Å². The second-order valence-electron chi connectivity index (χ2n) is 4.97. The van der Waals surface area contributed by atoms with Crippen LogP contribution in [0, 0.1) is 0 Å². The van der Waals surface area contributed by atoms with Gasteiger partial charge in [0, 0.05) is 19.1 Å². The Kier molecular flexibility index (Phi) is 5.78. The van der Waals surface area contributed by atoms with Gasteiger partial charge in [0.15, 0.2) is 0 Å². The van der Waals surface area contributed by atoms with Crippen molar-refractivity contribution in [2.24, 2.45) is 0 Å². The third-order valence-corrected chi connectivity index (χ3v) is 3.18. The molecule has 0 N–H and O–H groups in total. The molecule has 0 aliphatic rings. The van der Waals surface area contributed by atoms with Crippen molar-refractivity contribution in [3.63, 3.8) is 0 Å². The van der Waals surface area contributed by atoms with E-state index in [1.54, 1.807) is 0 Å². The van der Waals surface area contributed by atoms with Crippen molar-refractivity contribution in [2.75, 3.05) is 27.2 Å². The van der Waals surface area contributed by atoms with Gasteiger partial charge in [-0.1, -0.05) is 13.8 Å². The van der Waals surface area contributed by atoms with Gasteiger partial charge >= 0.3 is 0 Å². The lowest BCUT2D eigenvalue weighted by atomic mass is 10.1. The molecule has 0 atom stereocenters. The third kappa shape index (κ3) is 3.44. The van der Waals surface area contributed by atoms with Crippen molar-refractivity contribution < 1.29 is 0 Å². The van der Waals surface area contributed by atoms with Gasteiger partial charge in [-0.3, -0.25) is 4.90 Å². The van der Waals surface area contributed by atoms with E-state index in [2.05, 4.69) is 70.6 Å². The largest absolute Gasteiger partial charge is 0.291 e. The SMILES string of the molecule is CCN(CC)N(C(C)C)C(C)(C)N(C)C. The molecule has 92 valence electrons. The molecule has 0 aromatic rings. The number of hydrogen-bond acceptors (Lipinski definition) is 3. The number of nitrogens with zero attached hydrogens (tertiary/aromatic N) is 3. The van der Waals surface area contributed by atoms with E-state index in [0.29, 0.717) is 6.04 Å². The zero-order valence-corrected chi connectivity index (χ0v) is 11.8. The van der Waals surface area contributed by atoms with Gasteiger partial charge in [0.05, 0.1) is 5.66 Å². The molecule has 0 unspecified atom stereocenters. The van der Waals surface area contributed by atoms with Crippen LogP contribution in [0.25, 0.3) is 0 Å². The van der Waals surface area contributed by atoms with Crippen molar-refractivity contribution in [3.8, 4) is 0 Å². The van der Waals surface area contributed by atoms with E-state index in [0.717, 1.165) is 13.1 Å². The van der Waals surface area contributed by atoms with E-state index in [1.807, 2.05) is 0 Å². The smallest absolute Gasteiger partial charge is 0.0813 e. The van der Waals surface area contributed by atoms with Gasteiger partial charge in [-0.2, -0.15) is 0 Å². The van der Waals surface area contributed by atoms with E-state index >= 15 is 0 Å². The van der Waals surface area contributed by atoms with Crippen LogP contribution in [-0.4, -0.2) is 53.8 Å².